The summed E-state index contributed by atoms with van der Waals surface area (Å²) < 4.78 is 126. The zero-order valence-corrected chi connectivity index (χ0v) is 49.7. The molecule has 1 aromatic carbocycles. The molecule has 0 aliphatic rings. The van der Waals surface area contributed by atoms with Crippen molar-refractivity contribution in [3.8, 4) is 5.75 Å². The molecule has 0 atom stereocenters. The summed E-state index contributed by atoms with van der Waals surface area (Å²) in [5.41, 5.74) is 0.918. The number of anilines is 1. The number of hydrogen-bond acceptors (Lipinski definition) is 26. The van der Waals surface area contributed by atoms with E-state index < -0.39 is 0 Å². The minimum absolute atomic E-state index is 0.0158. The van der Waals surface area contributed by atoms with Gasteiger partial charge in [-0.3, -0.25) is 0 Å². The Morgan fingerprint density at radius 2 is 0.488 bits per heavy atom. The highest BCUT2D eigenvalue weighted by molar-refractivity contribution is 5.50. The molecule has 0 spiro atoms. The predicted molar refractivity (Wildman–Crippen MR) is 302 cm³/mol. The van der Waals surface area contributed by atoms with Gasteiger partial charge in [-0.25, -0.2) is 0 Å². The van der Waals surface area contributed by atoms with Crippen LogP contribution in [0.15, 0.2) is 24.3 Å². The molecule has 0 radical (unpaired) electrons. The van der Waals surface area contributed by atoms with Crippen molar-refractivity contribution >= 4 is 5.69 Å². The van der Waals surface area contributed by atoms with Crippen LogP contribution in [0.2, 0.25) is 0 Å². The van der Waals surface area contributed by atoms with E-state index in [4.69, 9.17) is 114 Å². The molecule has 26 heteroatoms. The van der Waals surface area contributed by atoms with Gasteiger partial charge in [0.15, 0.2) is 0 Å². The van der Waals surface area contributed by atoms with E-state index in [-0.39, 0.29) is 12.4 Å². The van der Waals surface area contributed by atoms with E-state index in [2.05, 4.69) is 4.90 Å². The van der Waals surface area contributed by atoms with Gasteiger partial charge in [0, 0.05) is 38.6 Å². The smallest absolute Gasteiger partial charge is 0.117 e. The van der Waals surface area contributed by atoms with Crippen molar-refractivity contribution in [1.82, 2.24) is 0 Å². The van der Waals surface area contributed by atoms with Crippen LogP contribution in [0.3, 0.4) is 0 Å². The monoisotopic (exact) mass is 1190 g/mol. The van der Waals surface area contributed by atoms with Crippen LogP contribution in [0.5, 0.6) is 5.75 Å². The molecular formula is C56H107NO25. The third kappa shape index (κ3) is 62.4. The fourth-order valence-electron chi connectivity index (χ4n) is 6.40. The number of ether oxygens (including phenoxy) is 23. The minimum Gasteiger partial charge on any atom is -0.508 e. The number of phenols is 1. The number of methoxy groups -OCH3 is 1. The maximum absolute atomic E-state index is 10.1. The highest BCUT2D eigenvalue weighted by atomic mass is 16.6. The number of aliphatic hydroxyl groups is 1. The van der Waals surface area contributed by atoms with Crippen LogP contribution >= 0.6 is 0 Å². The Morgan fingerprint density at radius 3 is 0.720 bits per heavy atom. The second-order valence-electron chi connectivity index (χ2n) is 17.0. The van der Waals surface area contributed by atoms with Gasteiger partial charge in [0.05, 0.1) is 297 Å². The topological polar surface area (TPSA) is 256 Å². The van der Waals surface area contributed by atoms with Crippen LogP contribution in [0, 0.1) is 0 Å². The molecule has 0 aromatic heterocycles. The van der Waals surface area contributed by atoms with Crippen LogP contribution in [0.1, 0.15) is 6.42 Å². The van der Waals surface area contributed by atoms with E-state index in [1.54, 1.807) is 19.2 Å². The summed E-state index contributed by atoms with van der Waals surface area (Å²) in [5.74, 6) is 0.214. The molecule has 0 aliphatic heterocycles. The number of aliphatic hydroxyl groups excluding tert-OH is 1. The maximum atomic E-state index is 10.1. The van der Waals surface area contributed by atoms with Crippen molar-refractivity contribution < 1.29 is 119 Å². The Morgan fingerprint density at radius 1 is 0.268 bits per heavy atom. The molecule has 0 saturated carbocycles. The molecule has 1 rings (SSSR count). The third-order valence-corrected chi connectivity index (χ3v) is 10.5. The number of hydrogen-bond donors (Lipinski definition) is 2. The van der Waals surface area contributed by atoms with Crippen molar-refractivity contribution in [3.63, 3.8) is 0 Å². The predicted octanol–water partition coefficient (Wildman–Crippen LogP) is 1.59. The average Bonchev–Trinajstić information content (AvgIpc) is 3.54. The van der Waals surface area contributed by atoms with E-state index in [9.17, 15) is 5.11 Å². The largest absolute Gasteiger partial charge is 0.508 e. The van der Waals surface area contributed by atoms with E-state index >= 15 is 0 Å². The molecule has 26 nitrogen and oxygen atoms in total. The Kier molecular flexibility index (Phi) is 66.1. The van der Waals surface area contributed by atoms with Crippen LogP contribution < -0.4 is 4.90 Å². The van der Waals surface area contributed by atoms with E-state index in [0.29, 0.717) is 304 Å². The molecule has 1 aromatic rings. The Bertz CT molecular complexity index is 1270. The van der Waals surface area contributed by atoms with Crippen molar-refractivity contribution in [2.45, 2.75) is 6.42 Å². The van der Waals surface area contributed by atoms with Crippen molar-refractivity contribution in [2.75, 3.05) is 329 Å². The Labute approximate surface area is 489 Å². The number of rotatable bonds is 73. The van der Waals surface area contributed by atoms with Crippen LogP contribution in [-0.2, 0) is 109 Å². The first-order valence-electron chi connectivity index (χ1n) is 29.1. The molecule has 0 unspecified atom stereocenters. The molecule has 486 valence electrons. The maximum Gasteiger partial charge on any atom is 0.117 e. The molecular weight excluding hydrogens is 1090 g/mol. The summed E-state index contributed by atoms with van der Waals surface area (Å²) in [6.07, 6.45) is 0.797. The van der Waals surface area contributed by atoms with E-state index in [0.717, 1.165) is 18.7 Å². The first-order valence-corrected chi connectivity index (χ1v) is 29.1. The van der Waals surface area contributed by atoms with Crippen molar-refractivity contribution in [1.29, 1.82) is 0 Å². The van der Waals surface area contributed by atoms with Gasteiger partial charge >= 0.3 is 0 Å². The summed E-state index contributed by atoms with van der Waals surface area (Å²) in [5, 5.41) is 18.7. The average molecular weight is 1190 g/mol. The van der Waals surface area contributed by atoms with Gasteiger partial charge in [-0.15, -0.1) is 0 Å². The molecule has 0 aliphatic carbocycles. The SMILES string of the molecule is COCCOCCOCCOCCOCCOCCOCCOCCOCCOCCOCCOCCN(CCCOCCOCCOCCOCCOCCOCCOCCOCCOCCOCCOCCO)c1cccc(O)c1. The lowest BCUT2D eigenvalue weighted by Gasteiger charge is -2.25. The molecule has 0 heterocycles. The number of phenolic OH excluding ortho intramolecular Hbond substituents is 1. The summed E-state index contributed by atoms with van der Waals surface area (Å²) >= 11 is 0. The van der Waals surface area contributed by atoms with Gasteiger partial charge in [0.25, 0.3) is 0 Å². The standard InChI is InChI=1S/C56H107NO25/c1-60-12-13-64-20-21-68-28-29-72-36-37-76-44-45-80-52-53-82-50-47-78-42-39-74-34-31-70-26-23-66-18-15-62-10-7-57(55-4-2-5-56(59)54-55)6-3-9-61-14-17-65-22-25-69-30-33-73-38-41-77-46-49-81-51-48-79-43-40-75-35-32-71-27-24-67-19-16-63-11-8-58/h2,4-5,54,58-59H,3,6-53H2,1H3. The van der Waals surface area contributed by atoms with Gasteiger partial charge in [-0.05, 0) is 18.6 Å². The fourth-order valence-corrected chi connectivity index (χ4v) is 6.40. The summed E-state index contributed by atoms with van der Waals surface area (Å²) in [7, 11) is 1.64. The van der Waals surface area contributed by atoms with Crippen LogP contribution in [0.25, 0.3) is 0 Å². The lowest BCUT2D eigenvalue weighted by Crippen LogP contribution is -2.29. The van der Waals surface area contributed by atoms with Gasteiger partial charge in [0.2, 0.25) is 0 Å². The quantitative estimate of drug-likeness (QED) is 0.0879. The van der Waals surface area contributed by atoms with Crippen molar-refractivity contribution in [3.05, 3.63) is 24.3 Å². The molecule has 0 fully saturated rings. The summed E-state index contributed by atoms with van der Waals surface area (Å²) in [6.45, 7) is 23.5. The van der Waals surface area contributed by atoms with E-state index in [1.165, 1.54) is 0 Å². The zero-order chi connectivity index (χ0) is 58.5. The normalized spacial score (nSPS) is 11.7. The zero-order valence-electron chi connectivity index (χ0n) is 49.7. The van der Waals surface area contributed by atoms with Gasteiger partial charge in [-0.2, -0.15) is 0 Å². The van der Waals surface area contributed by atoms with E-state index in [1.807, 2.05) is 12.1 Å². The summed E-state index contributed by atoms with van der Waals surface area (Å²) in [6, 6.07) is 7.21. The van der Waals surface area contributed by atoms with Gasteiger partial charge in [-0.1, -0.05) is 6.07 Å². The second-order valence-corrected chi connectivity index (χ2v) is 17.0. The first kappa shape index (κ1) is 77.9. The highest BCUT2D eigenvalue weighted by Crippen LogP contribution is 2.20. The fraction of sp³-hybridized carbons (Fsp3) is 0.893. The highest BCUT2D eigenvalue weighted by Gasteiger charge is 2.08. The first-order chi connectivity index (χ1) is 40.8. The second kappa shape index (κ2) is 69.6. The minimum atomic E-state index is 0.0158. The van der Waals surface area contributed by atoms with Gasteiger partial charge < -0.3 is 124 Å². The lowest BCUT2D eigenvalue weighted by atomic mass is 10.2. The third-order valence-electron chi connectivity index (χ3n) is 10.5. The number of nitrogens with zero attached hydrogens (tertiary/aromatic N) is 1. The molecule has 2 N–H and O–H groups in total. The Hall–Kier alpha value is -2.14. The molecule has 0 saturated heterocycles. The molecule has 0 amide bonds. The lowest BCUT2D eigenvalue weighted by molar-refractivity contribution is -0.0279. The molecule has 82 heavy (non-hydrogen) atoms. The Balaban J connectivity index is 1.81. The molecule has 0 bridgehead atoms. The van der Waals surface area contributed by atoms with Gasteiger partial charge in [0.1, 0.15) is 5.75 Å². The number of benzene rings is 1. The number of aromatic hydroxyl groups is 1. The van der Waals surface area contributed by atoms with Crippen molar-refractivity contribution in [2.24, 2.45) is 0 Å². The summed E-state index contributed by atoms with van der Waals surface area (Å²) in [4.78, 5) is 2.17. The van der Waals surface area contributed by atoms with Crippen LogP contribution in [-0.4, -0.2) is 334 Å². The van der Waals surface area contributed by atoms with Crippen LogP contribution in [0.4, 0.5) is 5.69 Å².